The van der Waals surface area contributed by atoms with Gasteiger partial charge < -0.3 is 46.3 Å². The highest BCUT2D eigenvalue weighted by Gasteiger charge is 2.47. The maximum atomic E-state index is 15.2. The number of carbonyl (C=O) groups is 5. The van der Waals surface area contributed by atoms with Gasteiger partial charge in [-0.2, -0.15) is 0 Å². The molecule has 0 aliphatic heterocycles. The van der Waals surface area contributed by atoms with E-state index in [0.29, 0.717) is 44.0 Å². The summed E-state index contributed by atoms with van der Waals surface area (Å²) in [5, 5.41) is 21.5. The Hall–Kier alpha value is -6.12. The summed E-state index contributed by atoms with van der Waals surface area (Å²) in [6.45, 7) is 13.6. The fourth-order valence-corrected chi connectivity index (χ4v) is 8.54. The number of nitrogens with two attached hydrogens (primary N) is 1. The molecular formula is C48H63F2N9O9. The number of carboxylic acids is 1. The van der Waals surface area contributed by atoms with E-state index >= 15 is 4.39 Å². The number of benzene rings is 1. The van der Waals surface area contributed by atoms with Crippen molar-refractivity contribution in [3.63, 3.8) is 0 Å². The van der Waals surface area contributed by atoms with Gasteiger partial charge in [0.15, 0.2) is 17.5 Å². The van der Waals surface area contributed by atoms with Crippen molar-refractivity contribution in [1.82, 2.24) is 30.2 Å². The first kappa shape index (κ1) is 51.3. The molecule has 3 aliphatic carbocycles. The number of anilines is 2. The van der Waals surface area contributed by atoms with Crippen LogP contribution in [0.2, 0.25) is 0 Å². The van der Waals surface area contributed by atoms with Crippen LogP contribution >= 0.6 is 0 Å². The summed E-state index contributed by atoms with van der Waals surface area (Å²) in [5.41, 5.74) is 5.51. The van der Waals surface area contributed by atoms with Gasteiger partial charge in [-0.25, -0.2) is 33.1 Å². The van der Waals surface area contributed by atoms with Crippen molar-refractivity contribution in [1.29, 1.82) is 0 Å². The second kappa shape index (κ2) is 21.9. The number of aromatic nitrogens is 4. The van der Waals surface area contributed by atoms with Crippen LogP contribution in [-0.2, 0) is 40.0 Å². The fourth-order valence-electron chi connectivity index (χ4n) is 8.54. The zero-order valence-electron chi connectivity index (χ0n) is 39.6. The van der Waals surface area contributed by atoms with Gasteiger partial charge in [0.05, 0.1) is 37.1 Å². The molecule has 3 amide bonds. The molecule has 7 rings (SSSR count). The molecule has 4 atom stereocenters. The first-order valence-electron chi connectivity index (χ1n) is 23.0. The normalized spacial score (nSPS) is 19.0. The van der Waals surface area contributed by atoms with Crippen LogP contribution in [0.4, 0.5) is 25.1 Å². The van der Waals surface area contributed by atoms with Gasteiger partial charge in [-0.1, -0.05) is 39.8 Å². The van der Waals surface area contributed by atoms with Crippen molar-refractivity contribution in [2.45, 2.75) is 111 Å². The number of amides is 3. The van der Waals surface area contributed by atoms with E-state index in [1.807, 2.05) is 13.8 Å². The van der Waals surface area contributed by atoms with Crippen LogP contribution in [0.5, 0.6) is 0 Å². The Bertz CT molecular complexity index is 2460. The number of carbonyl (C=O) groups excluding carboxylic acids is 4. The molecule has 3 aromatic heterocycles. The van der Waals surface area contributed by atoms with Gasteiger partial charge in [-0.15, -0.1) is 0 Å². The van der Waals surface area contributed by atoms with Crippen molar-refractivity contribution in [2.75, 3.05) is 37.0 Å². The lowest BCUT2D eigenvalue weighted by molar-refractivity contribution is -0.148. The number of hydrogen-bond acceptors (Lipinski definition) is 13. The summed E-state index contributed by atoms with van der Waals surface area (Å²) >= 11 is 0. The molecule has 0 radical (unpaired) electrons. The van der Waals surface area contributed by atoms with E-state index in [2.05, 4.69) is 36.2 Å². The van der Waals surface area contributed by atoms with Gasteiger partial charge in [0, 0.05) is 47.4 Å². The number of ether oxygens (including phenoxy) is 3. The van der Waals surface area contributed by atoms with Crippen molar-refractivity contribution in [3.8, 4) is 11.4 Å². The van der Waals surface area contributed by atoms with E-state index in [1.54, 1.807) is 52.0 Å². The number of nitrogens with one attached hydrogen (secondary N) is 4. The molecule has 0 unspecified atom stereocenters. The highest BCUT2D eigenvalue weighted by atomic mass is 19.1. The topological polar surface area (TPSA) is 251 Å². The maximum absolute atomic E-state index is 15.2. The monoisotopic (exact) mass is 947 g/mol. The molecule has 7 N–H and O–H groups in total. The predicted molar refractivity (Wildman–Crippen MR) is 248 cm³/mol. The third-order valence-corrected chi connectivity index (χ3v) is 12.9. The molecule has 18 nitrogen and oxygen atoms in total. The zero-order valence-corrected chi connectivity index (χ0v) is 39.6. The molecule has 20 heteroatoms. The molecule has 4 aromatic rings. The smallest absolute Gasteiger partial charge is 0.420 e. The summed E-state index contributed by atoms with van der Waals surface area (Å²) in [5.74, 6) is -5.06. The molecule has 0 saturated heterocycles. The van der Waals surface area contributed by atoms with Gasteiger partial charge in [0.25, 0.3) is 0 Å². The number of nitrogens with zero attached hydrogens (tertiary/aromatic N) is 4. The fraction of sp³-hybridized carbons (Fsp3) is 0.542. The van der Waals surface area contributed by atoms with Gasteiger partial charge in [0.2, 0.25) is 17.7 Å². The lowest BCUT2D eigenvalue weighted by Crippen LogP contribution is -2.55. The van der Waals surface area contributed by atoms with Crippen LogP contribution in [-0.4, -0.2) is 105 Å². The maximum Gasteiger partial charge on any atom is 0.420 e. The summed E-state index contributed by atoms with van der Waals surface area (Å²) in [6, 6.07) is 5.15. The molecule has 68 heavy (non-hydrogen) atoms. The van der Waals surface area contributed by atoms with Gasteiger partial charge >= 0.3 is 12.1 Å². The van der Waals surface area contributed by atoms with Crippen LogP contribution in [0.1, 0.15) is 86.1 Å². The van der Waals surface area contributed by atoms with E-state index in [-0.39, 0.29) is 58.5 Å². The molecular weight excluding hydrogens is 885 g/mol. The largest absolute Gasteiger partial charge is 0.481 e. The first-order valence-corrected chi connectivity index (χ1v) is 23.0. The Morgan fingerprint density at radius 3 is 2.26 bits per heavy atom. The minimum atomic E-state index is -0.975. The second-order valence-corrected chi connectivity index (χ2v) is 19.3. The lowest BCUT2D eigenvalue weighted by atomic mass is 9.61. The Morgan fingerprint density at radius 2 is 1.60 bits per heavy atom. The minimum Gasteiger partial charge on any atom is -0.481 e. The van der Waals surface area contributed by atoms with Crippen molar-refractivity contribution >= 4 is 52.3 Å². The number of halogens is 2. The summed E-state index contributed by atoms with van der Waals surface area (Å²) in [6.07, 6.45) is 5.95. The van der Waals surface area contributed by atoms with Crippen LogP contribution in [0.15, 0.2) is 48.9 Å². The van der Waals surface area contributed by atoms with Crippen molar-refractivity contribution in [2.24, 2.45) is 34.8 Å². The highest BCUT2D eigenvalue weighted by molar-refractivity contribution is 5.99. The molecule has 3 saturated carbocycles. The number of hydrogen-bond donors (Lipinski definition) is 6. The summed E-state index contributed by atoms with van der Waals surface area (Å²) in [4.78, 5) is 78.2. The average molecular weight is 948 g/mol. The van der Waals surface area contributed by atoms with Crippen LogP contribution in [0.3, 0.4) is 0 Å². The van der Waals surface area contributed by atoms with E-state index in [4.69, 9.17) is 19.9 Å². The SMILES string of the molecule is CC(C)[C@H](NC(=O)C(C)(C)CCOCCOC(C)(C)CN)C(=O)N[C@@H](C)C(=O)Nc1ccc(COC(=O)n2cc(-c3ncc(F)c(N[C@H]4C5CCC(CC5)[C@@H]4C(=O)O)n3)c3cc(F)cnc32)cc1. The molecule has 3 heterocycles. The minimum absolute atomic E-state index is 0.0259. The Morgan fingerprint density at radius 1 is 0.912 bits per heavy atom. The van der Waals surface area contributed by atoms with Crippen molar-refractivity contribution in [3.05, 3.63) is 66.1 Å². The molecule has 368 valence electrons. The number of rotatable bonds is 21. The Balaban J connectivity index is 1.02. The third-order valence-electron chi connectivity index (χ3n) is 12.9. The van der Waals surface area contributed by atoms with E-state index in [0.717, 1.165) is 48.7 Å². The van der Waals surface area contributed by atoms with Gasteiger partial charge in [-0.3, -0.25) is 19.2 Å². The van der Waals surface area contributed by atoms with E-state index in [9.17, 15) is 33.5 Å². The van der Waals surface area contributed by atoms with Crippen LogP contribution in [0, 0.1) is 40.7 Å². The first-order chi connectivity index (χ1) is 32.2. The van der Waals surface area contributed by atoms with E-state index in [1.165, 1.54) is 13.1 Å². The summed E-state index contributed by atoms with van der Waals surface area (Å²) in [7, 11) is 0. The molecule has 1 aromatic carbocycles. The standard InChI is InChI=1S/C48H63F2N9O9/c1-26(2)37(57-45(64)47(4,5)16-17-66-18-19-68-48(6,7)25-51)43(61)54-27(3)42(60)55-32-14-8-28(9-15-32)24-67-46(65)59-23-34(33-20-31(49)21-53-41(33)59)39-52-22-35(50)40(58-39)56-38-30-12-10-29(11-13-30)36(38)44(62)63/h8-9,14-15,20-23,26-27,29-30,36-38H,10-13,16-19,24-25,51H2,1-7H3,(H,54,61)(H,55,60)(H,57,64)(H,62,63)(H,52,56,58)/t27-,29?,30?,36-,37-,38-/m0/s1. The summed E-state index contributed by atoms with van der Waals surface area (Å²) < 4.78 is 47.8. The second-order valence-electron chi connectivity index (χ2n) is 19.3. The van der Waals surface area contributed by atoms with E-state index < -0.39 is 70.6 Å². The molecule has 3 aliphatic rings. The Labute approximate surface area is 393 Å². The number of aliphatic carboxylic acids is 1. The molecule has 2 bridgehead atoms. The number of carboxylic acid groups (broad SMARTS) is 1. The number of pyridine rings is 1. The third kappa shape index (κ3) is 12.5. The van der Waals surface area contributed by atoms with Crippen LogP contribution in [0.25, 0.3) is 22.4 Å². The average Bonchev–Trinajstić information content (AvgIpc) is 3.68. The van der Waals surface area contributed by atoms with Gasteiger partial charge in [0.1, 0.15) is 30.2 Å². The predicted octanol–water partition coefficient (Wildman–Crippen LogP) is 6.03. The van der Waals surface area contributed by atoms with Crippen molar-refractivity contribution < 1.29 is 52.1 Å². The van der Waals surface area contributed by atoms with Crippen LogP contribution < -0.4 is 27.0 Å². The number of fused-ring (bicyclic) bond motifs is 4. The highest BCUT2D eigenvalue weighted by Crippen LogP contribution is 2.46. The Kier molecular flexibility index (Phi) is 16.5. The molecule has 0 spiro atoms. The molecule has 3 fully saturated rings. The zero-order chi connectivity index (χ0) is 49.5. The van der Waals surface area contributed by atoms with Gasteiger partial charge in [-0.05, 0) is 94.4 Å². The quantitative estimate of drug-likeness (QED) is 0.0522. The lowest BCUT2D eigenvalue weighted by Gasteiger charge is -2.47.